The van der Waals surface area contributed by atoms with Crippen molar-refractivity contribution < 1.29 is 0 Å². The monoisotopic (exact) mass is 688 g/mol. The third kappa shape index (κ3) is 5.53. The topological polar surface area (TPSA) is 8.17 Å². The molecule has 0 unspecified atom stereocenters. The Morgan fingerprint density at radius 2 is 0.778 bits per heavy atom. The summed E-state index contributed by atoms with van der Waals surface area (Å²) < 4.78 is 2.43. The summed E-state index contributed by atoms with van der Waals surface area (Å²) in [4.78, 5) is 2.33. The Balaban J connectivity index is 1.11. The molecule has 9 aromatic carbocycles. The van der Waals surface area contributed by atoms with Crippen LogP contribution in [0.5, 0.6) is 0 Å². The molecule has 0 aliphatic carbocycles. The van der Waals surface area contributed by atoms with Gasteiger partial charge >= 0.3 is 0 Å². The second-order valence-corrected chi connectivity index (χ2v) is 13.8. The predicted octanol–water partition coefficient (Wildman–Crippen LogP) is 14.4. The van der Waals surface area contributed by atoms with Crippen LogP contribution in [0.4, 0.5) is 17.1 Å². The van der Waals surface area contributed by atoms with Gasteiger partial charge in [0.1, 0.15) is 0 Å². The Morgan fingerprint density at radius 1 is 0.296 bits per heavy atom. The lowest BCUT2D eigenvalue weighted by atomic mass is 9.95. The molecular formula is C52H36N2. The van der Waals surface area contributed by atoms with Gasteiger partial charge in [-0.3, -0.25) is 0 Å². The molecule has 0 N–H and O–H groups in total. The lowest BCUT2D eigenvalue weighted by Gasteiger charge is -2.26. The molecule has 10 aromatic rings. The van der Waals surface area contributed by atoms with Crippen molar-refractivity contribution in [2.24, 2.45) is 0 Å². The summed E-state index contributed by atoms with van der Waals surface area (Å²) in [6.07, 6.45) is 0. The quantitative estimate of drug-likeness (QED) is 0.162. The first kappa shape index (κ1) is 31.6. The molecular weight excluding hydrogens is 653 g/mol. The van der Waals surface area contributed by atoms with Crippen LogP contribution in [0.1, 0.15) is 0 Å². The highest BCUT2D eigenvalue weighted by atomic mass is 15.1. The summed E-state index contributed by atoms with van der Waals surface area (Å²) in [6, 6.07) is 78.7. The van der Waals surface area contributed by atoms with Crippen LogP contribution < -0.4 is 4.90 Å². The highest BCUT2D eigenvalue weighted by molar-refractivity contribution is 6.25. The maximum absolute atomic E-state index is 2.43. The van der Waals surface area contributed by atoms with Crippen LogP contribution in [0.25, 0.3) is 71.6 Å². The molecule has 1 aromatic heterocycles. The number of rotatable bonds is 7. The van der Waals surface area contributed by atoms with Crippen LogP contribution in [0.2, 0.25) is 0 Å². The van der Waals surface area contributed by atoms with Crippen molar-refractivity contribution in [1.29, 1.82) is 0 Å². The molecule has 254 valence electrons. The zero-order valence-corrected chi connectivity index (χ0v) is 29.7. The highest BCUT2D eigenvalue weighted by Crippen LogP contribution is 2.43. The fraction of sp³-hybridized carbons (Fsp3) is 0. The molecule has 0 spiro atoms. The minimum atomic E-state index is 1.10. The highest BCUT2D eigenvalue weighted by Gasteiger charge is 2.19. The van der Waals surface area contributed by atoms with Gasteiger partial charge < -0.3 is 9.47 Å². The molecule has 0 saturated carbocycles. The molecule has 2 nitrogen and oxygen atoms in total. The van der Waals surface area contributed by atoms with Gasteiger partial charge in [-0.05, 0) is 105 Å². The van der Waals surface area contributed by atoms with Gasteiger partial charge in [0.25, 0.3) is 0 Å². The maximum atomic E-state index is 2.43. The molecule has 0 atom stereocenters. The smallest absolute Gasteiger partial charge is 0.0547 e. The minimum Gasteiger partial charge on any atom is -0.311 e. The summed E-state index contributed by atoms with van der Waals surface area (Å²) in [5, 5.41) is 5.05. The van der Waals surface area contributed by atoms with Gasteiger partial charge in [0.15, 0.2) is 0 Å². The summed E-state index contributed by atoms with van der Waals surface area (Å²) in [7, 11) is 0. The van der Waals surface area contributed by atoms with E-state index in [1.54, 1.807) is 0 Å². The van der Waals surface area contributed by atoms with E-state index in [-0.39, 0.29) is 0 Å². The molecule has 0 radical (unpaired) electrons. The summed E-state index contributed by atoms with van der Waals surface area (Å²) >= 11 is 0. The van der Waals surface area contributed by atoms with Gasteiger partial charge in [-0.2, -0.15) is 0 Å². The van der Waals surface area contributed by atoms with E-state index in [0.717, 1.165) is 22.7 Å². The van der Waals surface area contributed by atoms with E-state index in [0.29, 0.717) is 0 Å². The Kier molecular flexibility index (Phi) is 7.85. The zero-order chi connectivity index (χ0) is 35.8. The first-order valence-corrected chi connectivity index (χ1v) is 18.5. The van der Waals surface area contributed by atoms with Gasteiger partial charge in [0.05, 0.1) is 11.0 Å². The van der Waals surface area contributed by atoms with Crippen molar-refractivity contribution in [2.75, 3.05) is 4.90 Å². The zero-order valence-electron chi connectivity index (χ0n) is 29.7. The van der Waals surface area contributed by atoms with Gasteiger partial charge in [-0.15, -0.1) is 0 Å². The van der Waals surface area contributed by atoms with E-state index >= 15 is 0 Å². The standard InChI is InChI=1S/C52H36N2/c1-4-13-37(14-5-1)39-23-25-42(26-24-39)48-21-12-22-49-51(48)52-47-20-11-10-17-41(47)29-36-50(52)54(49)46-34-32-45(33-35-46)53(43-18-8-3-9-19-43)44-30-27-40(28-31-44)38-15-6-2-7-16-38/h1-36H. The largest absolute Gasteiger partial charge is 0.311 e. The summed E-state index contributed by atoms with van der Waals surface area (Å²) in [6.45, 7) is 0. The second kappa shape index (κ2) is 13.4. The van der Waals surface area contributed by atoms with Crippen LogP contribution in [0.15, 0.2) is 218 Å². The molecule has 2 heteroatoms. The van der Waals surface area contributed by atoms with Crippen LogP contribution in [-0.2, 0) is 0 Å². The Morgan fingerprint density at radius 3 is 1.43 bits per heavy atom. The number of anilines is 3. The van der Waals surface area contributed by atoms with E-state index in [1.807, 2.05) is 0 Å². The minimum absolute atomic E-state index is 1.10. The van der Waals surface area contributed by atoms with Gasteiger partial charge in [0, 0.05) is 33.5 Å². The van der Waals surface area contributed by atoms with Crippen LogP contribution in [0.3, 0.4) is 0 Å². The van der Waals surface area contributed by atoms with Gasteiger partial charge in [-0.25, -0.2) is 0 Å². The lowest BCUT2D eigenvalue weighted by Crippen LogP contribution is -2.10. The number of benzene rings is 9. The first-order valence-electron chi connectivity index (χ1n) is 18.5. The van der Waals surface area contributed by atoms with Crippen LogP contribution >= 0.6 is 0 Å². The summed E-state index contributed by atoms with van der Waals surface area (Å²) in [5.74, 6) is 0. The van der Waals surface area contributed by atoms with E-state index in [4.69, 9.17) is 0 Å². The molecule has 0 aliphatic rings. The number of para-hydroxylation sites is 1. The van der Waals surface area contributed by atoms with Crippen molar-refractivity contribution in [3.8, 4) is 39.1 Å². The van der Waals surface area contributed by atoms with Gasteiger partial charge in [0.2, 0.25) is 0 Å². The Bertz CT molecular complexity index is 2870. The SMILES string of the molecule is c1ccc(-c2ccc(-c3cccc4c3c3c5ccccc5ccc3n4-c3ccc(N(c4ccccc4)c4ccc(-c5ccccc5)cc4)cc3)cc2)cc1. The van der Waals surface area contributed by atoms with E-state index in [9.17, 15) is 0 Å². The second-order valence-electron chi connectivity index (χ2n) is 13.8. The normalized spacial score (nSPS) is 11.3. The number of hydrogen-bond acceptors (Lipinski definition) is 1. The van der Waals surface area contributed by atoms with Gasteiger partial charge in [-0.1, -0.05) is 158 Å². The van der Waals surface area contributed by atoms with Crippen molar-refractivity contribution >= 4 is 49.6 Å². The Labute approximate surface area is 315 Å². The van der Waals surface area contributed by atoms with Crippen molar-refractivity contribution in [1.82, 2.24) is 4.57 Å². The van der Waals surface area contributed by atoms with Crippen LogP contribution in [0, 0.1) is 0 Å². The molecule has 0 saturated heterocycles. The molecule has 54 heavy (non-hydrogen) atoms. The third-order valence-electron chi connectivity index (χ3n) is 10.6. The van der Waals surface area contributed by atoms with Crippen molar-refractivity contribution in [3.05, 3.63) is 218 Å². The van der Waals surface area contributed by atoms with Crippen molar-refractivity contribution in [3.63, 3.8) is 0 Å². The predicted molar refractivity (Wildman–Crippen MR) is 229 cm³/mol. The van der Waals surface area contributed by atoms with Crippen molar-refractivity contribution in [2.45, 2.75) is 0 Å². The number of hydrogen-bond donors (Lipinski definition) is 0. The molecule has 10 rings (SSSR count). The van der Waals surface area contributed by atoms with E-state index in [2.05, 4.69) is 228 Å². The fourth-order valence-corrected chi connectivity index (χ4v) is 8.03. The van der Waals surface area contributed by atoms with E-state index < -0.39 is 0 Å². The number of fused-ring (bicyclic) bond motifs is 5. The fourth-order valence-electron chi connectivity index (χ4n) is 8.03. The third-order valence-corrected chi connectivity index (χ3v) is 10.6. The molecule has 0 amide bonds. The molecule has 0 aliphatic heterocycles. The average Bonchev–Trinajstić information content (AvgIpc) is 3.61. The Hall–Kier alpha value is -7.16. The van der Waals surface area contributed by atoms with E-state index in [1.165, 1.54) is 66.0 Å². The maximum Gasteiger partial charge on any atom is 0.0547 e. The average molecular weight is 689 g/mol. The first-order chi connectivity index (χ1) is 26.8. The molecule has 0 fully saturated rings. The van der Waals surface area contributed by atoms with Crippen LogP contribution in [-0.4, -0.2) is 4.57 Å². The summed E-state index contributed by atoms with van der Waals surface area (Å²) in [5.41, 5.74) is 14.1. The number of aromatic nitrogens is 1. The lowest BCUT2D eigenvalue weighted by molar-refractivity contribution is 1.17. The number of nitrogens with zero attached hydrogens (tertiary/aromatic N) is 2. The molecule has 1 heterocycles. The molecule has 0 bridgehead atoms.